The Morgan fingerprint density at radius 2 is 2.23 bits per heavy atom. The minimum atomic E-state index is -1.04. The standard InChI is InChI=1S/C14H16N2O6/c1-9-10(3-2-4-11(9)16(20)21)13(19)15-14(7-12(17)18)5-6-22-8-14/h2-4H,5-8H2,1H3,(H,15,19)(H,17,18). The van der Waals surface area contributed by atoms with Gasteiger partial charge in [-0.25, -0.2) is 0 Å². The maximum absolute atomic E-state index is 12.4. The van der Waals surface area contributed by atoms with Crippen molar-refractivity contribution >= 4 is 17.6 Å². The summed E-state index contributed by atoms with van der Waals surface area (Å²) in [6.07, 6.45) is 0.131. The minimum Gasteiger partial charge on any atom is -0.481 e. The van der Waals surface area contributed by atoms with Crippen molar-refractivity contribution in [2.45, 2.75) is 25.3 Å². The van der Waals surface area contributed by atoms with E-state index in [1.807, 2.05) is 0 Å². The van der Waals surface area contributed by atoms with E-state index in [1.54, 1.807) is 0 Å². The monoisotopic (exact) mass is 308 g/mol. The average molecular weight is 308 g/mol. The van der Waals surface area contributed by atoms with Crippen LogP contribution in [0.1, 0.15) is 28.8 Å². The molecule has 0 bridgehead atoms. The van der Waals surface area contributed by atoms with Gasteiger partial charge in [0.15, 0.2) is 0 Å². The molecule has 1 fully saturated rings. The van der Waals surface area contributed by atoms with Crippen molar-refractivity contribution < 1.29 is 24.4 Å². The zero-order valence-electron chi connectivity index (χ0n) is 12.0. The molecule has 118 valence electrons. The largest absolute Gasteiger partial charge is 0.481 e. The number of hydrogen-bond acceptors (Lipinski definition) is 5. The Balaban J connectivity index is 2.26. The molecule has 22 heavy (non-hydrogen) atoms. The third-order valence-corrected chi connectivity index (χ3v) is 3.72. The first kappa shape index (κ1) is 15.9. The molecule has 0 spiro atoms. The van der Waals surface area contributed by atoms with Crippen LogP contribution < -0.4 is 5.32 Å². The van der Waals surface area contributed by atoms with Crippen LogP contribution in [0, 0.1) is 17.0 Å². The smallest absolute Gasteiger partial charge is 0.305 e. The summed E-state index contributed by atoms with van der Waals surface area (Å²) in [6.45, 7) is 1.96. The van der Waals surface area contributed by atoms with E-state index in [-0.39, 0.29) is 29.8 Å². The highest BCUT2D eigenvalue weighted by atomic mass is 16.6. The lowest BCUT2D eigenvalue weighted by atomic mass is 9.93. The summed E-state index contributed by atoms with van der Waals surface area (Å²) in [5.74, 6) is -1.57. The van der Waals surface area contributed by atoms with E-state index in [1.165, 1.54) is 25.1 Å². The highest BCUT2D eigenvalue weighted by Crippen LogP contribution is 2.25. The summed E-state index contributed by atoms with van der Waals surface area (Å²) in [4.78, 5) is 33.8. The van der Waals surface area contributed by atoms with Crippen LogP contribution in [0.3, 0.4) is 0 Å². The Kier molecular flexibility index (Phi) is 4.41. The first-order chi connectivity index (χ1) is 10.3. The van der Waals surface area contributed by atoms with Crippen LogP contribution in [-0.4, -0.2) is 40.7 Å². The lowest BCUT2D eigenvalue weighted by Gasteiger charge is -2.27. The van der Waals surface area contributed by atoms with Crippen LogP contribution in [0.15, 0.2) is 18.2 Å². The summed E-state index contributed by atoms with van der Waals surface area (Å²) >= 11 is 0. The molecule has 0 aliphatic carbocycles. The molecule has 0 saturated carbocycles. The predicted octanol–water partition coefficient (Wildman–Crippen LogP) is 1.27. The van der Waals surface area contributed by atoms with E-state index in [0.717, 1.165) is 0 Å². The molecule has 2 rings (SSSR count). The Morgan fingerprint density at radius 3 is 2.77 bits per heavy atom. The Labute approximate surface area is 126 Å². The number of carboxylic acids is 1. The van der Waals surface area contributed by atoms with Gasteiger partial charge in [0.05, 0.1) is 23.5 Å². The topological polar surface area (TPSA) is 119 Å². The number of nitrogens with one attached hydrogen (secondary N) is 1. The SMILES string of the molecule is Cc1c(C(=O)NC2(CC(=O)O)CCOC2)cccc1[N+](=O)[O-]. The van der Waals surface area contributed by atoms with Crippen molar-refractivity contribution in [3.63, 3.8) is 0 Å². The summed E-state index contributed by atoms with van der Waals surface area (Å²) in [5.41, 5.74) is -0.720. The van der Waals surface area contributed by atoms with Crippen molar-refractivity contribution in [2.75, 3.05) is 13.2 Å². The number of amides is 1. The molecule has 1 aromatic rings. The number of rotatable bonds is 5. The van der Waals surface area contributed by atoms with Gasteiger partial charge in [-0.1, -0.05) is 6.07 Å². The number of carbonyl (C=O) groups is 2. The maximum atomic E-state index is 12.4. The first-order valence-corrected chi connectivity index (χ1v) is 6.71. The Morgan fingerprint density at radius 1 is 1.50 bits per heavy atom. The number of hydrogen-bond donors (Lipinski definition) is 2. The number of nitro benzene ring substituents is 1. The number of carbonyl (C=O) groups excluding carboxylic acids is 1. The van der Waals surface area contributed by atoms with Gasteiger partial charge in [-0.15, -0.1) is 0 Å². The molecule has 1 aliphatic heterocycles. The molecule has 1 saturated heterocycles. The van der Waals surface area contributed by atoms with Gasteiger partial charge in [0.2, 0.25) is 0 Å². The summed E-state index contributed by atoms with van der Waals surface area (Å²) in [5, 5.41) is 22.6. The van der Waals surface area contributed by atoms with Gasteiger partial charge in [-0.3, -0.25) is 19.7 Å². The van der Waals surface area contributed by atoms with Crippen LogP contribution in [-0.2, 0) is 9.53 Å². The molecule has 1 aliphatic rings. The average Bonchev–Trinajstić information content (AvgIpc) is 2.85. The van der Waals surface area contributed by atoms with E-state index in [2.05, 4.69) is 5.32 Å². The number of nitrogens with zero attached hydrogens (tertiary/aromatic N) is 1. The number of nitro groups is 1. The van der Waals surface area contributed by atoms with Gasteiger partial charge < -0.3 is 15.2 Å². The van der Waals surface area contributed by atoms with Gasteiger partial charge in [-0.05, 0) is 19.4 Å². The highest BCUT2D eigenvalue weighted by molar-refractivity contribution is 5.97. The molecule has 1 aromatic carbocycles. The number of aliphatic carboxylic acids is 1. The van der Waals surface area contributed by atoms with Crippen LogP contribution in [0.4, 0.5) is 5.69 Å². The Bertz CT molecular complexity index is 622. The van der Waals surface area contributed by atoms with Crippen molar-refractivity contribution in [1.82, 2.24) is 5.32 Å². The van der Waals surface area contributed by atoms with Crippen molar-refractivity contribution in [1.29, 1.82) is 0 Å². The molecular weight excluding hydrogens is 292 g/mol. The molecule has 0 aromatic heterocycles. The van der Waals surface area contributed by atoms with E-state index < -0.39 is 22.3 Å². The molecular formula is C14H16N2O6. The van der Waals surface area contributed by atoms with Crippen LogP contribution in [0.5, 0.6) is 0 Å². The van der Waals surface area contributed by atoms with Crippen molar-refractivity contribution in [2.24, 2.45) is 0 Å². The molecule has 0 radical (unpaired) electrons. The molecule has 1 atom stereocenters. The third kappa shape index (κ3) is 3.22. The Hall–Kier alpha value is -2.48. The lowest BCUT2D eigenvalue weighted by molar-refractivity contribution is -0.385. The second-order valence-corrected chi connectivity index (χ2v) is 5.31. The fraction of sp³-hybridized carbons (Fsp3) is 0.429. The van der Waals surface area contributed by atoms with Crippen molar-refractivity contribution in [3.8, 4) is 0 Å². The summed E-state index contributed by atoms with van der Waals surface area (Å²) < 4.78 is 5.20. The maximum Gasteiger partial charge on any atom is 0.305 e. The second-order valence-electron chi connectivity index (χ2n) is 5.31. The summed E-state index contributed by atoms with van der Waals surface area (Å²) in [6, 6.07) is 4.22. The van der Waals surface area contributed by atoms with Gasteiger partial charge >= 0.3 is 5.97 Å². The van der Waals surface area contributed by atoms with E-state index in [4.69, 9.17) is 9.84 Å². The molecule has 1 heterocycles. The van der Waals surface area contributed by atoms with Crippen LogP contribution in [0.25, 0.3) is 0 Å². The normalized spacial score (nSPS) is 20.6. The molecule has 8 nitrogen and oxygen atoms in total. The fourth-order valence-electron chi connectivity index (χ4n) is 2.55. The van der Waals surface area contributed by atoms with Gasteiger partial charge in [-0.2, -0.15) is 0 Å². The zero-order valence-corrected chi connectivity index (χ0v) is 12.0. The van der Waals surface area contributed by atoms with E-state index in [9.17, 15) is 19.7 Å². The zero-order chi connectivity index (χ0) is 16.3. The first-order valence-electron chi connectivity index (χ1n) is 6.71. The minimum absolute atomic E-state index is 0.110. The molecule has 2 N–H and O–H groups in total. The molecule has 1 amide bonds. The number of ether oxygens (including phenoxy) is 1. The van der Waals surface area contributed by atoms with Gasteiger partial charge in [0.1, 0.15) is 0 Å². The van der Waals surface area contributed by atoms with E-state index in [0.29, 0.717) is 13.0 Å². The fourth-order valence-corrected chi connectivity index (χ4v) is 2.55. The van der Waals surface area contributed by atoms with Gasteiger partial charge in [0, 0.05) is 23.8 Å². The molecule has 8 heteroatoms. The van der Waals surface area contributed by atoms with Crippen molar-refractivity contribution in [3.05, 3.63) is 39.4 Å². The highest BCUT2D eigenvalue weighted by Gasteiger charge is 2.39. The predicted molar refractivity (Wildman–Crippen MR) is 75.7 cm³/mol. The lowest BCUT2D eigenvalue weighted by Crippen LogP contribution is -2.50. The molecule has 1 unspecified atom stereocenters. The van der Waals surface area contributed by atoms with Crippen LogP contribution >= 0.6 is 0 Å². The quantitative estimate of drug-likeness (QED) is 0.624. The number of carboxylic acid groups (broad SMARTS) is 1. The van der Waals surface area contributed by atoms with Gasteiger partial charge in [0.25, 0.3) is 11.6 Å². The third-order valence-electron chi connectivity index (χ3n) is 3.72. The summed E-state index contributed by atoms with van der Waals surface area (Å²) in [7, 11) is 0. The number of benzene rings is 1. The van der Waals surface area contributed by atoms with E-state index >= 15 is 0 Å². The van der Waals surface area contributed by atoms with Crippen LogP contribution in [0.2, 0.25) is 0 Å². The second kappa shape index (κ2) is 6.10.